The van der Waals surface area contributed by atoms with Crippen LogP contribution in [0.5, 0.6) is 5.75 Å². The first kappa shape index (κ1) is 19.7. The number of hydrogen-bond donors (Lipinski definition) is 2. The molecule has 0 fully saturated rings. The van der Waals surface area contributed by atoms with Crippen molar-refractivity contribution in [1.82, 2.24) is 9.78 Å². The molecule has 0 aliphatic carbocycles. The van der Waals surface area contributed by atoms with Crippen molar-refractivity contribution in [2.45, 2.75) is 6.36 Å². The molecule has 1 aromatic heterocycles. The highest BCUT2D eigenvalue weighted by Gasteiger charge is 2.33. The van der Waals surface area contributed by atoms with E-state index in [-0.39, 0.29) is 5.56 Å². The Kier molecular flexibility index (Phi) is 5.32. The van der Waals surface area contributed by atoms with Gasteiger partial charge in [0.1, 0.15) is 5.75 Å². The molecule has 0 bridgehead atoms. The van der Waals surface area contributed by atoms with Crippen molar-refractivity contribution in [1.29, 1.82) is 0 Å². The number of aryl methyl sites for hydroxylation is 1. The lowest BCUT2D eigenvalue weighted by Gasteiger charge is -2.14. The van der Waals surface area contributed by atoms with Gasteiger partial charge in [0.05, 0.1) is 21.9 Å². The Labute approximate surface area is 166 Å². The Balaban J connectivity index is 1.93. The molecule has 10 heteroatoms. The topological polar surface area (TPSA) is 82.2 Å². The van der Waals surface area contributed by atoms with Gasteiger partial charge in [0.15, 0.2) is 0 Å². The number of amides is 1. The molecule has 0 saturated heterocycles. The molecular weight excluding hydrogens is 441 g/mol. The molecule has 0 spiro atoms. The minimum Gasteiger partial charge on any atom is -0.405 e. The minimum atomic E-state index is -4.95. The van der Waals surface area contributed by atoms with Gasteiger partial charge in [-0.2, -0.15) is 5.10 Å². The lowest BCUT2D eigenvalue weighted by atomic mass is 10.1. The molecule has 1 amide bonds. The maximum absolute atomic E-state index is 12.6. The number of alkyl halides is 3. The molecular formula is C18H14BrF3N4O2. The molecule has 3 rings (SSSR count). The number of nitrogens with two attached hydrogens (primary N) is 1. The van der Waals surface area contributed by atoms with Crippen LogP contribution in [0.1, 0.15) is 10.4 Å². The third-order valence-electron chi connectivity index (χ3n) is 3.79. The molecule has 1 heterocycles. The zero-order valence-electron chi connectivity index (χ0n) is 14.4. The molecule has 0 atom stereocenters. The van der Waals surface area contributed by atoms with Crippen molar-refractivity contribution in [3.8, 4) is 17.0 Å². The van der Waals surface area contributed by atoms with E-state index >= 15 is 0 Å². The zero-order chi connectivity index (χ0) is 20.5. The second kappa shape index (κ2) is 7.55. The fraction of sp³-hybridized carbons (Fsp3) is 0.111. The van der Waals surface area contributed by atoms with Crippen LogP contribution in [0.25, 0.3) is 11.3 Å². The van der Waals surface area contributed by atoms with Crippen LogP contribution in [-0.2, 0) is 7.05 Å². The van der Waals surface area contributed by atoms with Crippen LogP contribution in [0.2, 0.25) is 0 Å². The van der Waals surface area contributed by atoms with E-state index in [0.717, 1.165) is 21.8 Å². The number of halogens is 4. The van der Waals surface area contributed by atoms with Crippen molar-refractivity contribution >= 4 is 33.2 Å². The summed E-state index contributed by atoms with van der Waals surface area (Å²) in [6.07, 6.45) is -3.28. The highest BCUT2D eigenvalue weighted by atomic mass is 79.9. The molecule has 3 aromatic rings. The lowest BCUT2D eigenvalue weighted by Crippen LogP contribution is -2.21. The van der Waals surface area contributed by atoms with Crippen molar-refractivity contribution in [3.63, 3.8) is 0 Å². The summed E-state index contributed by atoms with van der Waals surface area (Å²) in [4.78, 5) is 11.4. The van der Waals surface area contributed by atoms with E-state index in [1.165, 1.54) is 12.1 Å². The van der Waals surface area contributed by atoms with Crippen molar-refractivity contribution in [2.24, 2.45) is 12.8 Å². The largest absolute Gasteiger partial charge is 0.573 e. The normalized spacial score (nSPS) is 11.3. The van der Waals surface area contributed by atoms with Gasteiger partial charge in [-0.05, 0) is 40.2 Å². The molecule has 3 N–H and O–H groups in total. The summed E-state index contributed by atoms with van der Waals surface area (Å²) >= 11 is 3.43. The second-order valence-corrected chi connectivity index (χ2v) is 6.65. The van der Waals surface area contributed by atoms with Crippen LogP contribution in [-0.4, -0.2) is 22.1 Å². The molecule has 0 aliphatic heterocycles. The second-order valence-electron chi connectivity index (χ2n) is 5.79. The Hall–Kier alpha value is -3.01. The number of nitrogens with one attached hydrogen (secondary N) is 1. The summed E-state index contributed by atoms with van der Waals surface area (Å²) in [6.45, 7) is 0. The predicted molar refractivity (Wildman–Crippen MR) is 101 cm³/mol. The Morgan fingerprint density at radius 2 is 1.93 bits per heavy atom. The number of carbonyl (C=O) groups is 1. The summed E-state index contributed by atoms with van der Waals surface area (Å²) in [5.41, 5.74) is 7.36. The summed E-state index contributed by atoms with van der Waals surface area (Å²) in [7, 11) is 1.80. The van der Waals surface area contributed by atoms with Gasteiger partial charge in [-0.15, -0.1) is 13.2 Å². The van der Waals surface area contributed by atoms with E-state index < -0.39 is 18.0 Å². The minimum absolute atomic E-state index is 0.297. The quantitative estimate of drug-likeness (QED) is 0.590. The maximum Gasteiger partial charge on any atom is 0.573 e. The summed E-state index contributed by atoms with van der Waals surface area (Å²) < 4.78 is 44.3. The molecule has 0 unspecified atom stereocenters. The molecule has 2 aromatic carbocycles. The number of benzene rings is 2. The highest BCUT2D eigenvalue weighted by molar-refractivity contribution is 9.10. The number of primary amides is 1. The van der Waals surface area contributed by atoms with Crippen molar-refractivity contribution < 1.29 is 22.7 Å². The number of nitrogens with zero attached hydrogens (tertiary/aromatic N) is 2. The third-order valence-corrected chi connectivity index (χ3v) is 4.37. The number of anilines is 2. The van der Waals surface area contributed by atoms with Crippen LogP contribution in [0.15, 0.2) is 53.1 Å². The predicted octanol–water partition coefficient (Wildman–Crippen LogP) is 4.59. The van der Waals surface area contributed by atoms with E-state index in [0.29, 0.717) is 11.4 Å². The number of ether oxygens (including phenoxy) is 1. The fourth-order valence-corrected chi connectivity index (χ4v) is 3.24. The molecule has 146 valence electrons. The molecule has 0 radical (unpaired) electrons. The SMILES string of the molecule is Cn1ncc(Br)c1-c1cccc(Nc2ccc(C(N)=O)c(OC(F)(F)F)c2)c1. The fourth-order valence-electron chi connectivity index (χ4n) is 2.66. The van der Waals surface area contributed by atoms with Crippen molar-refractivity contribution in [2.75, 3.05) is 5.32 Å². The van der Waals surface area contributed by atoms with E-state index in [1.807, 2.05) is 12.1 Å². The van der Waals surface area contributed by atoms with Gasteiger partial charge in [-0.3, -0.25) is 9.48 Å². The van der Waals surface area contributed by atoms with Crippen LogP contribution < -0.4 is 15.8 Å². The average molecular weight is 455 g/mol. The lowest BCUT2D eigenvalue weighted by molar-refractivity contribution is -0.274. The Morgan fingerprint density at radius 3 is 2.54 bits per heavy atom. The number of carbonyl (C=O) groups excluding carboxylic acids is 1. The van der Waals surface area contributed by atoms with Crippen LogP contribution in [0.4, 0.5) is 24.5 Å². The first-order valence-electron chi connectivity index (χ1n) is 7.88. The van der Waals surface area contributed by atoms with Crippen LogP contribution >= 0.6 is 15.9 Å². The number of hydrogen-bond acceptors (Lipinski definition) is 4. The smallest absolute Gasteiger partial charge is 0.405 e. The van der Waals surface area contributed by atoms with Gasteiger partial charge in [-0.1, -0.05) is 12.1 Å². The van der Waals surface area contributed by atoms with Gasteiger partial charge in [-0.25, -0.2) is 0 Å². The standard InChI is InChI=1S/C18H14BrF3N4O2/c1-26-16(14(19)9-24-26)10-3-2-4-11(7-10)25-12-5-6-13(17(23)27)15(8-12)28-18(20,21)22/h2-9,25H,1H3,(H2,23,27). The average Bonchev–Trinajstić information content (AvgIpc) is 2.92. The van der Waals surface area contributed by atoms with E-state index in [2.05, 4.69) is 31.1 Å². The first-order valence-corrected chi connectivity index (χ1v) is 8.68. The summed E-state index contributed by atoms with van der Waals surface area (Å²) in [5, 5.41) is 7.15. The van der Waals surface area contributed by atoms with Crippen molar-refractivity contribution in [3.05, 3.63) is 58.7 Å². The Morgan fingerprint density at radius 1 is 1.21 bits per heavy atom. The van der Waals surface area contributed by atoms with E-state index in [1.54, 1.807) is 30.1 Å². The Bertz CT molecular complexity index is 1010. The molecule has 6 nitrogen and oxygen atoms in total. The summed E-state index contributed by atoms with van der Waals surface area (Å²) in [6, 6.07) is 10.9. The van der Waals surface area contributed by atoms with Gasteiger partial charge in [0, 0.05) is 30.1 Å². The van der Waals surface area contributed by atoms with E-state index in [9.17, 15) is 18.0 Å². The maximum atomic E-state index is 12.6. The van der Waals surface area contributed by atoms with Gasteiger partial charge >= 0.3 is 6.36 Å². The monoisotopic (exact) mass is 454 g/mol. The number of aromatic nitrogens is 2. The first-order chi connectivity index (χ1) is 13.1. The van der Waals surface area contributed by atoms with Crippen LogP contribution in [0, 0.1) is 0 Å². The van der Waals surface area contributed by atoms with Gasteiger partial charge < -0.3 is 15.8 Å². The number of rotatable bonds is 5. The zero-order valence-corrected chi connectivity index (χ0v) is 16.0. The van der Waals surface area contributed by atoms with Gasteiger partial charge in [0.25, 0.3) is 5.91 Å². The van der Waals surface area contributed by atoms with Gasteiger partial charge in [0.2, 0.25) is 0 Å². The molecule has 0 aliphatic rings. The highest BCUT2D eigenvalue weighted by Crippen LogP contribution is 2.32. The molecule has 28 heavy (non-hydrogen) atoms. The van der Waals surface area contributed by atoms with E-state index in [4.69, 9.17) is 5.73 Å². The molecule has 0 saturated carbocycles. The third kappa shape index (κ3) is 4.45. The summed E-state index contributed by atoms with van der Waals surface area (Å²) in [5.74, 6) is -1.69. The van der Waals surface area contributed by atoms with Crippen LogP contribution in [0.3, 0.4) is 0 Å².